The lowest BCUT2D eigenvalue weighted by Crippen LogP contribution is -2.53. The molecule has 89 heavy (non-hydrogen) atoms. The Balaban J connectivity index is 0.980. The molecule has 6 rings (SSSR count). The van der Waals surface area contributed by atoms with Crippen molar-refractivity contribution in [2.75, 3.05) is 118 Å². The summed E-state index contributed by atoms with van der Waals surface area (Å²) < 4.78 is 44.0. The Kier molecular flexibility index (Phi) is 28.5. The highest BCUT2D eigenvalue weighted by molar-refractivity contribution is 6.07. The number of likely N-dealkylation sites (tertiary alicyclic amines) is 2. The van der Waals surface area contributed by atoms with Crippen LogP contribution in [0.3, 0.4) is 0 Å². The summed E-state index contributed by atoms with van der Waals surface area (Å²) in [5.74, 6) is -5.37. The third-order valence-corrected chi connectivity index (χ3v) is 15.9. The van der Waals surface area contributed by atoms with Gasteiger partial charge in [-0.2, -0.15) is 0 Å². The van der Waals surface area contributed by atoms with Crippen LogP contribution in [0.25, 0.3) is 10.9 Å². The zero-order valence-corrected chi connectivity index (χ0v) is 50.5. The van der Waals surface area contributed by atoms with Gasteiger partial charge >= 0.3 is 5.97 Å². The summed E-state index contributed by atoms with van der Waals surface area (Å²) in [6, 6.07) is 12.4. The Morgan fingerprint density at radius 1 is 0.775 bits per heavy atom. The van der Waals surface area contributed by atoms with Gasteiger partial charge in [0.2, 0.25) is 35.4 Å². The summed E-state index contributed by atoms with van der Waals surface area (Å²) in [6.07, 6.45) is 11.0. The van der Waals surface area contributed by atoms with Crippen LogP contribution in [0.2, 0.25) is 0 Å². The molecule has 3 aliphatic heterocycles. The number of hydrogen-bond donors (Lipinski definition) is 5. The fourth-order valence-corrected chi connectivity index (χ4v) is 10.9. The number of aromatic nitrogens is 1. The number of piperidine rings is 1. The number of rotatable bonds is 31. The normalized spacial score (nSPS) is 17.6. The highest BCUT2D eigenvalue weighted by atomic mass is 19.3. The van der Waals surface area contributed by atoms with E-state index in [1.165, 1.54) is 12.3 Å². The van der Waals surface area contributed by atoms with E-state index in [1.807, 2.05) is 41.0 Å². The Labute approximate surface area is 516 Å². The number of aliphatic carboxylic acids is 1. The van der Waals surface area contributed by atoms with Gasteiger partial charge in [0.15, 0.2) is 0 Å². The molecular formula is C62H83F2N11O14. The lowest BCUT2D eigenvalue weighted by Gasteiger charge is -2.33. The summed E-state index contributed by atoms with van der Waals surface area (Å²) in [5, 5.41) is 20.7. The molecule has 2 atom stereocenters. The number of halogens is 2. The Bertz CT molecular complexity index is 2930. The van der Waals surface area contributed by atoms with E-state index >= 15 is 0 Å². The molecule has 5 N–H and O–H groups in total. The molecule has 0 aliphatic carbocycles. The molecule has 3 aliphatic rings. The number of carbonyl (C=O) groups is 10. The molecular weight excluding hydrogens is 1160 g/mol. The molecule has 0 saturated carbocycles. The van der Waals surface area contributed by atoms with Gasteiger partial charge in [0.25, 0.3) is 24.8 Å². The number of unbranched alkanes of at least 4 members (excludes halogenated alkanes) is 1. The van der Waals surface area contributed by atoms with E-state index in [1.54, 1.807) is 32.9 Å². The van der Waals surface area contributed by atoms with Crippen LogP contribution in [0, 0.1) is 25.2 Å². The van der Waals surface area contributed by atoms with Crippen molar-refractivity contribution in [3.8, 4) is 18.1 Å². The number of nitrogens with one attached hydrogen (secondary N) is 4. The molecule has 0 bridgehead atoms. The summed E-state index contributed by atoms with van der Waals surface area (Å²) in [6.45, 7) is 4.46. The number of carboxylic acids is 1. The average Bonchev–Trinajstić information content (AvgIpc) is 2.28. The SMILES string of the molecule is C#C[C@H]1CC(F)(F)CN1C(=O)CNC(=O)c1ccnc2ccc(OCCCC3CCN(C(=O)CC(=O)NC(=O)[C@H](CCCCNC(=O)CCCc4ccc(C)cc4)NC(=O)CN4CCN(COC=O)CCN(COC=O)CCN(CC(=O)O)CC4)CC3)cc12. The molecule has 484 valence electrons. The van der Waals surface area contributed by atoms with E-state index in [-0.39, 0.29) is 76.5 Å². The molecule has 25 nitrogen and oxygen atoms in total. The monoisotopic (exact) mass is 1240 g/mol. The molecule has 7 amide bonds. The Morgan fingerprint density at radius 3 is 2.07 bits per heavy atom. The number of amides is 7. The second-order valence-corrected chi connectivity index (χ2v) is 22.7. The van der Waals surface area contributed by atoms with E-state index < -0.39 is 85.3 Å². The number of imide groups is 1. The topological polar surface area (TPSA) is 299 Å². The van der Waals surface area contributed by atoms with E-state index in [2.05, 4.69) is 32.2 Å². The Hall–Kier alpha value is -8.19. The van der Waals surface area contributed by atoms with Gasteiger partial charge in [-0.3, -0.25) is 77.8 Å². The van der Waals surface area contributed by atoms with Gasteiger partial charge < -0.3 is 45.1 Å². The molecule has 3 saturated heterocycles. The first-order valence-corrected chi connectivity index (χ1v) is 30.2. The zero-order chi connectivity index (χ0) is 64.1. The molecule has 0 unspecified atom stereocenters. The maximum Gasteiger partial charge on any atom is 0.317 e. The molecule has 4 heterocycles. The van der Waals surface area contributed by atoms with Gasteiger partial charge in [0, 0.05) is 96.4 Å². The fourth-order valence-electron chi connectivity index (χ4n) is 10.9. The van der Waals surface area contributed by atoms with Crippen molar-refractivity contribution in [3.63, 3.8) is 0 Å². The molecule has 2 aromatic carbocycles. The molecule has 0 radical (unpaired) electrons. The van der Waals surface area contributed by atoms with Crippen LogP contribution in [0.4, 0.5) is 8.78 Å². The third-order valence-electron chi connectivity index (χ3n) is 15.9. The predicted molar refractivity (Wildman–Crippen MR) is 320 cm³/mol. The van der Waals surface area contributed by atoms with Crippen LogP contribution in [-0.2, 0) is 59.0 Å². The molecule has 3 fully saturated rings. The minimum absolute atomic E-state index is 0.0347. The molecule has 27 heteroatoms. The highest BCUT2D eigenvalue weighted by Crippen LogP contribution is 2.32. The van der Waals surface area contributed by atoms with Crippen molar-refractivity contribution >= 4 is 71.2 Å². The van der Waals surface area contributed by atoms with Crippen molar-refractivity contribution in [1.82, 2.24) is 55.7 Å². The van der Waals surface area contributed by atoms with Gasteiger partial charge in [-0.05, 0) is 100 Å². The van der Waals surface area contributed by atoms with Gasteiger partial charge in [0.1, 0.15) is 31.7 Å². The lowest BCUT2D eigenvalue weighted by molar-refractivity contribution is -0.140. The van der Waals surface area contributed by atoms with Gasteiger partial charge in [-0.15, -0.1) is 6.42 Å². The van der Waals surface area contributed by atoms with Crippen LogP contribution >= 0.6 is 0 Å². The summed E-state index contributed by atoms with van der Waals surface area (Å²) in [7, 11) is 0. The molecule has 0 spiro atoms. The third kappa shape index (κ3) is 24.4. The number of aryl methyl sites for hydroxylation is 2. The largest absolute Gasteiger partial charge is 0.494 e. The minimum Gasteiger partial charge on any atom is -0.494 e. The maximum atomic E-state index is 14.0. The van der Waals surface area contributed by atoms with Crippen molar-refractivity contribution in [3.05, 3.63) is 71.4 Å². The molecule has 1 aromatic heterocycles. The first-order valence-electron chi connectivity index (χ1n) is 30.2. The number of terminal acetylenes is 1. The summed E-state index contributed by atoms with van der Waals surface area (Å²) in [4.78, 5) is 141. The number of carbonyl (C=O) groups excluding carboxylic acids is 9. The predicted octanol–water partition coefficient (Wildman–Crippen LogP) is 1.93. The second-order valence-electron chi connectivity index (χ2n) is 22.7. The number of fused-ring (bicyclic) bond motifs is 1. The number of alkyl halides is 2. The number of ether oxygens (including phenoxy) is 3. The van der Waals surface area contributed by atoms with Crippen LogP contribution < -0.4 is 26.0 Å². The Morgan fingerprint density at radius 2 is 1.43 bits per heavy atom. The fraction of sp³-hybridized carbons (Fsp3) is 0.565. The van der Waals surface area contributed by atoms with Crippen molar-refractivity contribution in [1.29, 1.82) is 0 Å². The van der Waals surface area contributed by atoms with Crippen molar-refractivity contribution < 1.29 is 76.0 Å². The first kappa shape index (κ1) is 69.9. The highest BCUT2D eigenvalue weighted by Gasteiger charge is 2.46. The zero-order valence-electron chi connectivity index (χ0n) is 50.5. The smallest absolute Gasteiger partial charge is 0.317 e. The van der Waals surface area contributed by atoms with E-state index in [9.17, 15) is 61.8 Å². The van der Waals surface area contributed by atoms with E-state index in [4.69, 9.17) is 20.6 Å². The van der Waals surface area contributed by atoms with Gasteiger partial charge in [-0.25, -0.2) is 8.78 Å². The van der Waals surface area contributed by atoms with Crippen LogP contribution in [0.1, 0.15) is 92.1 Å². The van der Waals surface area contributed by atoms with Crippen LogP contribution in [0.5, 0.6) is 5.75 Å². The number of carboxylic acid groups (broad SMARTS) is 1. The van der Waals surface area contributed by atoms with Crippen molar-refractivity contribution in [2.24, 2.45) is 5.92 Å². The van der Waals surface area contributed by atoms with Crippen LogP contribution in [-0.4, -0.2) is 236 Å². The number of nitrogens with zero attached hydrogens (tertiary/aromatic N) is 7. The minimum atomic E-state index is -3.11. The van der Waals surface area contributed by atoms with Crippen molar-refractivity contribution in [2.45, 2.75) is 102 Å². The average molecular weight is 1240 g/mol. The number of benzene rings is 2. The lowest BCUT2D eigenvalue weighted by atomic mass is 9.92. The van der Waals surface area contributed by atoms with Crippen LogP contribution in [0.15, 0.2) is 54.7 Å². The van der Waals surface area contributed by atoms with E-state index in [0.29, 0.717) is 127 Å². The van der Waals surface area contributed by atoms with Gasteiger partial charge in [0.05, 0.1) is 49.9 Å². The standard InChI is InChI=1S/C62H83F2N11O14/c1-3-48-36-62(63,64)40-75(48)58(82)37-67-60(85)50-18-22-65-52-17-16-49(34-51(50)52)89-33-7-9-47-19-23-74(24-20-47)57(81)35-55(79)69-61(86)53(10-4-5-21-66-54(78)11-6-8-46-14-12-45(2)13-15-46)68-56(80)38-70-25-26-71(39-59(83)84)28-30-73(42-88-44-77)32-31-72(29-27-70)41-87-43-76/h1,12-18,22,34,43-44,47-48,53H,4-11,19-21,23-33,35-42H2,2H3,(H,66,78)(H,67,85)(H,68,80)(H,83,84)(H,69,79,86)/t48-,53-/m0/s1. The molecule has 3 aromatic rings. The summed E-state index contributed by atoms with van der Waals surface area (Å²) >= 11 is 0. The van der Waals surface area contributed by atoms with E-state index in [0.717, 1.165) is 28.9 Å². The van der Waals surface area contributed by atoms with Gasteiger partial charge in [-0.1, -0.05) is 35.7 Å². The number of pyridine rings is 1. The maximum absolute atomic E-state index is 14.0. The quantitative estimate of drug-likeness (QED) is 0.0266. The first-order chi connectivity index (χ1) is 42.8. The second kappa shape index (κ2) is 36.3. The summed E-state index contributed by atoms with van der Waals surface area (Å²) in [5.41, 5.74) is 2.99. The number of hydrogen-bond acceptors (Lipinski definition) is 18.